The van der Waals surface area contributed by atoms with Crippen molar-refractivity contribution in [1.29, 1.82) is 0 Å². The molecule has 0 bridgehead atoms. The molecule has 0 aliphatic rings. The van der Waals surface area contributed by atoms with Gasteiger partial charge in [0.15, 0.2) is 0 Å². The third-order valence-electron chi connectivity index (χ3n) is 7.01. The third kappa shape index (κ3) is 6.14. The highest BCUT2D eigenvalue weighted by Crippen LogP contribution is 2.35. The van der Waals surface area contributed by atoms with E-state index in [1.54, 1.807) is 12.1 Å². The molecule has 0 aliphatic carbocycles. The zero-order valence-electron chi connectivity index (χ0n) is 21.0. The standard InChI is InChI=1S/C34H33FN2/c35-28-15-9-14-26(20-28)33-22-27(21-29(36)18-24-10-3-1-4-11-24)31-16-7-8-17-32(31)34(33)23-30(37)19-25-12-5-2-6-13-25/h1-17,20,22,29-30H,18-19,21,23,36-37H2/t29-,30-/m1/s1. The summed E-state index contributed by atoms with van der Waals surface area (Å²) in [6.45, 7) is 0. The van der Waals surface area contributed by atoms with Crippen LogP contribution in [0.15, 0.2) is 115 Å². The normalized spacial score (nSPS) is 12.9. The van der Waals surface area contributed by atoms with Crippen LogP contribution in [0.4, 0.5) is 4.39 Å². The molecule has 3 heteroatoms. The summed E-state index contributed by atoms with van der Waals surface area (Å²) in [4.78, 5) is 0. The summed E-state index contributed by atoms with van der Waals surface area (Å²) in [6.07, 6.45) is 3.00. The summed E-state index contributed by atoms with van der Waals surface area (Å²) in [7, 11) is 0. The number of nitrogens with two attached hydrogens (primary N) is 2. The van der Waals surface area contributed by atoms with Gasteiger partial charge in [0.25, 0.3) is 0 Å². The Kier molecular flexibility index (Phi) is 7.74. The van der Waals surface area contributed by atoms with Gasteiger partial charge in [0, 0.05) is 12.1 Å². The van der Waals surface area contributed by atoms with Crippen LogP contribution in [0, 0.1) is 5.82 Å². The van der Waals surface area contributed by atoms with Crippen LogP contribution in [-0.2, 0) is 25.7 Å². The Morgan fingerprint density at radius 3 is 1.73 bits per heavy atom. The van der Waals surface area contributed by atoms with Crippen molar-refractivity contribution in [1.82, 2.24) is 0 Å². The van der Waals surface area contributed by atoms with Crippen molar-refractivity contribution in [2.45, 2.75) is 37.8 Å². The van der Waals surface area contributed by atoms with Gasteiger partial charge in [0.05, 0.1) is 0 Å². The molecule has 0 amide bonds. The van der Waals surface area contributed by atoms with Gasteiger partial charge in [-0.1, -0.05) is 103 Å². The first kappa shape index (κ1) is 24.9. The van der Waals surface area contributed by atoms with E-state index < -0.39 is 0 Å². The van der Waals surface area contributed by atoms with Gasteiger partial charge in [-0.3, -0.25) is 0 Å². The quantitative estimate of drug-likeness (QED) is 0.238. The van der Waals surface area contributed by atoms with Crippen molar-refractivity contribution in [3.05, 3.63) is 143 Å². The highest BCUT2D eigenvalue weighted by Gasteiger charge is 2.18. The number of halogens is 1. The van der Waals surface area contributed by atoms with Crippen LogP contribution >= 0.6 is 0 Å². The van der Waals surface area contributed by atoms with Gasteiger partial charge in [-0.05, 0) is 82.0 Å². The maximum absolute atomic E-state index is 14.4. The average molecular weight is 489 g/mol. The Morgan fingerprint density at radius 1 is 0.541 bits per heavy atom. The SMILES string of the molecule is N[C@H](Cc1ccccc1)Cc1cc(-c2cccc(F)c2)c(C[C@H](N)Cc2ccccc2)c2ccccc12. The Hall–Kier alpha value is -3.79. The molecule has 0 saturated heterocycles. The lowest BCUT2D eigenvalue weighted by molar-refractivity contribution is 0.628. The molecular formula is C34H33FN2. The molecule has 37 heavy (non-hydrogen) atoms. The first-order valence-electron chi connectivity index (χ1n) is 13.0. The highest BCUT2D eigenvalue weighted by atomic mass is 19.1. The van der Waals surface area contributed by atoms with Gasteiger partial charge in [-0.15, -0.1) is 0 Å². The molecule has 2 nitrogen and oxygen atoms in total. The minimum absolute atomic E-state index is 0.0302. The lowest BCUT2D eigenvalue weighted by Crippen LogP contribution is -2.27. The number of hydrogen-bond acceptors (Lipinski definition) is 2. The number of hydrogen-bond donors (Lipinski definition) is 2. The van der Waals surface area contributed by atoms with Crippen LogP contribution in [0.3, 0.4) is 0 Å². The van der Waals surface area contributed by atoms with Crippen LogP contribution in [0.1, 0.15) is 22.3 Å². The van der Waals surface area contributed by atoms with E-state index in [1.807, 2.05) is 42.5 Å². The van der Waals surface area contributed by atoms with Crippen molar-refractivity contribution in [3.8, 4) is 11.1 Å². The average Bonchev–Trinajstić information content (AvgIpc) is 2.91. The second-order valence-corrected chi connectivity index (χ2v) is 9.93. The molecule has 0 radical (unpaired) electrons. The molecule has 5 rings (SSSR count). The van der Waals surface area contributed by atoms with Crippen LogP contribution in [0.25, 0.3) is 21.9 Å². The largest absolute Gasteiger partial charge is 0.327 e. The zero-order valence-corrected chi connectivity index (χ0v) is 21.0. The second-order valence-electron chi connectivity index (χ2n) is 9.93. The van der Waals surface area contributed by atoms with E-state index >= 15 is 0 Å². The van der Waals surface area contributed by atoms with Crippen LogP contribution in [-0.4, -0.2) is 12.1 Å². The molecule has 4 N–H and O–H groups in total. The molecule has 2 atom stereocenters. The molecule has 0 fully saturated rings. The predicted octanol–water partition coefficient (Wildman–Crippen LogP) is 6.87. The van der Waals surface area contributed by atoms with E-state index in [4.69, 9.17) is 11.5 Å². The third-order valence-corrected chi connectivity index (χ3v) is 7.01. The summed E-state index contributed by atoms with van der Waals surface area (Å²) >= 11 is 0. The Balaban J connectivity index is 1.55. The molecule has 0 spiro atoms. The van der Waals surface area contributed by atoms with Gasteiger partial charge >= 0.3 is 0 Å². The van der Waals surface area contributed by atoms with Crippen molar-refractivity contribution >= 4 is 10.8 Å². The van der Waals surface area contributed by atoms with E-state index in [0.717, 1.165) is 41.3 Å². The lowest BCUT2D eigenvalue weighted by atomic mass is 9.85. The fraction of sp³-hybridized carbons (Fsp3) is 0.176. The summed E-state index contributed by atoms with van der Waals surface area (Å²) < 4.78 is 14.4. The Bertz CT molecular complexity index is 1460. The molecule has 186 valence electrons. The Labute approximate surface area is 218 Å². The summed E-state index contributed by atoms with van der Waals surface area (Å²) in [5, 5.41) is 2.35. The monoisotopic (exact) mass is 488 g/mol. The molecule has 0 unspecified atom stereocenters. The first-order valence-corrected chi connectivity index (χ1v) is 13.0. The summed E-state index contributed by atoms with van der Waals surface area (Å²) in [6, 6.07) is 38.1. The fourth-order valence-electron chi connectivity index (χ4n) is 5.34. The van der Waals surface area contributed by atoms with E-state index in [2.05, 4.69) is 54.6 Å². The van der Waals surface area contributed by atoms with E-state index in [0.29, 0.717) is 6.42 Å². The van der Waals surface area contributed by atoms with Crippen molar-refractivity contribution in [3.63, 3.8) is 0 Å². The van der Waals surface area contributed by atoms with Gasteiger partial charge in [0.2, 0.25) is 0 Å². The van der Waals surface area contributed by atoms with Crippen molar-refractivity contribution in [2.75, 3.05) is 0 Å². The van der Waals surface area contributed by atoms with E-state index in [9.17, 15) is 4.39 Å². The molecule has 0 heterocycles. The molecular weight excluding hydrogens is 455 g/mol. The fourth-order valence-corrected chi connectivity index (χ4v) is 5.34. The lowest BCUT2D eigenvalue weighted by Gasteiger charge is -2.22. The highest BCUT2D eigenvalue weighted by molar-refractivity contribution is 5.94. The van der Waals surface area contributed by atoms with Gasteiger partial charge < -0.3 is 11.5 Å². The van der Waals surface area contributed by atoms with Crippen molar-refractivity contribution in [2.24, 2.45) is 11.5 Å². The topological polar surface area (TPSA) is 52.0 Å². The molecule has 0 aliphatic heterocycles. The minimum atomic E-state index is -0.243. The number of rotatable bonds is 9. The van der Waals surface area contributed by atoms with Crippen LogP contribution < -0.4 is 11.5 Å². The molecule has 0 saturated carbocycles. The van der Waals surface area contributed by atoms with E-state index in [-0.39, 0.29) is 17.9 Å². The summed E-state index contributed by atoms with van der Waals surface area (Å²) in [5.41, 5.74) is 20.1. The maximum atomic E-state index is 14.4. The predicted molar refractivity (Wildman–Crippen MR) is 153 cm³/mol. The van der Waals surface area contributed by atoms with Crippen LogP contribution in [0.5, 0.6) is 0 Å². The minimum Gasteiger partial charge on any atom is -0.327 e. The zero-order chi connectivity index (χ0) is 25.6. The molecule has 0 aromatic heterocycles. The van der Waals surface area contributed by atoms with Gasteiger partial charge in [0.1, 0.15) is 5.82 Å². The molecule has 5 aromatic carbocycles. The maximum Gasteiger partial charge on any atom is 0.123 e. The summed E-state index contributed by atoms with van der Waals surface area (Å²) in [5.74, 6) is -0.243. The van der Waals surface area contributed by atoms with Gasteiger partial charge in [-0.25, -0.2) is 4.39 Å². The second kappa shape index (κ2) is 11.5. The van der Waals surface area contributed by atoms with Crippen molar-refractivity contribution < 1.29 is 4.39 Å². The smallest absolute Gasteiger partial charge is 0.123 e. The number of benzene rings is 5. The van der Waals surface area contributed by atoms with E-state index in [1.165, 1.54) is 28.1 Å². The van der Waals surface area contributed by atoms with Crippen LogP contribution in [0.2, 0.25) is 0 Å². The first-order chi connectivity index (χ1) is 18.1. The number of fused-ring (bicyclic) bond motifs is 1. The molecule has 5 aromatic rings. The Morgan fingerprint density at radius 2 is 1.11 bits per heavy atom. The van der Waals surface area contributed by atoms with Gasteiger partial charge in [-0.2, -0.15) is 0 Å².